The van der Waals surface area contributed by atoms with Crippen molar-refractivity contribution < 1.29 is 23.8 Å². The number of esters is 1. The van der Waals surface area contributed by atoms with Gasteiger partial charge < -0.3 is 14.2 Å². The van der Waals surface area contributed by atoms with Crippen molar-refractivity contribution in [2.45, 2.75) is 0 Å². The molecule has 1 N–H and O–H groups in total. The largest absolute Gasteiger partial charge is 0.486 e. The Morgan fingerprint density at radius 2 is 1.77 bits per heavy atom. The SMILES string of the molecule is O=C(N/N=C\c1cccc(OC(=O)c2ccccc2Br)c1)c1ccc2c(c1)OCCO2. The standard InChI is InChI=1S/C23H17BrN2O5/c24-19-7-2-1-6-18(19)23(28)31-17-5-3-4-15(12-17)14-25-26-22(27)16-8-9-20-21(13-16)30-11-10-29-20/h1-9,12-14H,10-11H2,(H,26,27)/b25-14-. The highest BCUT2D eigenvalue weighted by atomic mass is 79.9. The molecule has 4 rings (SSSR count). The lowest BCUT2D eigenvalue weighted by molar-refractivity contribution is 0.0733. The van der Waals surface area contributed by atoms with Gasteiger partial charge in [-0.05, 0) is 64.0 Å². The van der Waals surface area contributed by atoms with Gasteiger partial charge in [-0.1, -0.05) is 24.3 Å². The van der Waals surface area contributed by atoms with Crippen LogP contribution in [0.25, 0.3) is 0 Å². The van der Waals surface area contributed by atoms with Gasteiger partial charge in [-0.2, -0.15) is 5.10 Å². The van der Waals surface area contributed by atoms with Gasteiger partial charge in [0.05, 0.1) is 11.8 Å². The number of fused-ring (bicyclic) bond motifs is 1. The topological polar surface area (TPSA) is 86.2 Å². The Hall–Kier alpha value is -3.65. The minimum absolute atomic E-state index is 0.364. The number of hydrogen-bond acceptors (Lipinski definition) is 6. The second-order valence-electron chi connectivity index (χ2n) is 6.50. The molecule has 0 atom stereocenters. The molecule has 0 spiro atoms. The monoisotopic (exact) mass is 480 g/mol. The van der Waals surface area contributed by atoms with Gasteiger partial charge in [-0.3, -0.25) is 4.79 Å². The Balaban J connectivity index is 1.39. The van der Waals surface area contributed by atoms with E-state index in [1.165, 1.54) is 6.21 Å². The number of hydrogen-bond donors (Lipinski definition) is 1. The maximum absolute atomic E-state index is 12.3. The molecule has 3 aromatic rings. The normalized spacial score (nSPS) is 12.4. The molecule has 0 radical (unpaired) electrons. The maximum Gasteiger partial charge on any atom is 0.344 e. The van der Waals surface area contributed by atoms with Crippen molar-refractivity contribution in [3.63, 3.8) is 0 Å². The minimum Gasteiger partial charge on any atom is -0.486 e. The molecule has 31 heavy (non-hydrogen) atoms. The van der Waals surface area contributed by atoms with E-state index in [0.29, 0.717) is 51.6 Å². The highest BCUT2D eigenvalue weighted by Crippen LogP contribution is 2.30. The molecule has 1 amide bonds. The smallest absolute Gasteiger partial charge is 0.344 e. The average molecular weight is 481 g/mol. The van der Waals surface area contributed by atoms with Gasteiger partial charge in [0.15, 0.2) is 11.5 Å². The summed E-state index contributed by atoms with van der Waals surface area (Å²) < 4.78 is 17.0. The summed E-state index contributed by atoms with van der Waals surface area (Å²) in [6.07, 6.45) is 1.46. The average Bonchev–Trinajstić information content (AvgIpc) is 2.79. The van der Waals surface area contributed by atoms with Gasteiger partial charge in [0, 0.05) is 10.0 Å². The summed E-state index contributed by atoms with van der Waals surface area (Å²) in [5.74, 6) is 0.642. The molecule has 0 fully saturated rings. The van der Waals surface area contributed by atoms with E-state index in [-0.39, 0.29) is 5.91 Å². The molecule has 0 saturated heterocycles. The van der Waals surface area contributed by atoms with Crippen molar-refractivity contribution >= 4 is 34.0 Å². The van der Waals surface area contributed by atoms with Crippen molar-refractivity contribution in [1.82, 2.24) is 5.43 Å². The number of benzene rings is 3. The number of halogens is 1. The summed E-state index contributed by atoms with van der Waals surface area (Å²) in [4.78, 5) is 24.7. The quantitative estimate of drug-likeness (QED) is 0.256. The number of rotatable bonds is 5. The number of carbonyl (C=O) groups excluding carboxylic acids is 2. The van der Waals surface area contributed by atoms with Crippen LogP contribution in [0.4, 0.5) is 0 Å². The summed E-state index contributed by atoms with van der Waals surface area (Å²) in [7, 11) is 0. The molecular formula is C23H17BrN2O5. The van der Waals surface area contributed by atoms with Crippen molar-refractivity contribution in [3.8, 4) is 17.2 Å². The second kappa shape index (κ2) is 9.44. The Morgan fingerprint density at radius 3 is 2.61 bits per heavy atom. The van der Waals surface area contributed by atoms with E-state index in [1.54, 1.807) is 60.7 Å². The molecule has 0 bridgehead atoms. The number of amides is 1. The van der Waals surface area contributed by atoms with Crippen LogP contribution < -0.4 is 19.6 Å². The zero-order valence-electron chi connectivity index (χ0n) is 16.2. The fourth-order valence-corrected chi connectivity index (χ4v) is 3.31. The predicted molar refractivity (Wildman–Crippen MR) is 118 cm³/mol. The molecule has 1 aliphatic rings. The first-order valence-electron chi connectivity index (χ1n) is 9.40. The van der Waals surface area contributed by atoms with Crippen molar-refractivity contribution in [3.05, 3.63) is 87.9 Å². The summed E-state index contributed by atoms with van der Waals surface area (Å²) in [5.41, 5.74) is 3.95. The lowest BCUT2D eigenvalue weighted by atomic mass is 10.2. The molecule has 0 aromatic heterocycles. The Labute approximate surface area is 186 Å². The number of nitrogens with one attached hydrogen (secondary N) is 1. The maximum atomic E-state index is 12.3. The van der Waals surface area contributed by atoms with Gasteiger partial charge in [0.25, 0.3) is 5.91 Å². The zero-order valence-corrected chi connectivity index (χ0v) is 17.8. The first-order valence-corrected chi connectivity index (χ1v) is 10.2. The van der Waals surface area contributed by atoms with Gasteiger partial charge in [0.2, 0.25) is 0 Å². The summed E-state index contributed by atoms with van der Waals surface area (Å²) in [5, 5.41) is 3.98. The molecule has 0 saturated carbocycles. The van der Waals surface area contributed by atoms with Crippen LogP contribution in [-0.4, -0.2) is 31.3 Å². The van der Waals surface area contributed by atoms with E-state index in [9.17, 15) is 9.59 Å². The zero-order chi connectivity index (χ0) is 21.6. The highest BCUT2D eigenvalue weighted by molar-refractivity contribution is 9.10. The van der Waals surface area contributed by atoms with E-state index in [0.717, 1.165) is 0 Å². The van der Waals surface area contributed by atoms with E-state index in [4.69, 9.17) is 14.2 Å². The molecule has 1 aliphatic heterocycles. The first-order chi connectivity index (χ1) is 15.1. The first kappa shape index (κ1) is 20.6. The molecule has 1 heterocycles. The third-order valence-corrected chi connectivity index (χ3v) is 5.04. The van der Waals surface area contributed by atoms with E-state index in [2.05, 4.69) is 26.5 Å². The lowest BCUT2D eigenvalue weighted by Crippen LogP contribution is -2.19. The third-order valence-electron chi connectivity index (χ3n) is 4.35. The number of hydrazone groups is 1. The van der Waals surface area contributed by atoms with Gasteiger partial charge in [-0.15, -0.1) is 0 Å². The van der Waals surface area contributed by atoms with Crippen LogP contribution in [0.3, 0.4) is 0 Å². The Morgan fingerprint density at radius 1 is 0.968 bits per heavy atom. The molecule has 0 unspecified atom stereocenters. The van der Waals surface area contributed by atoms with Crippen molar-refractivity contribution in [1.29, 1.82) is 0 Å². The second-order valence-corrected chi connectivity index (χ2v) is 7.35. The minimum atomic E-state index is -0.478. The van der Waals surface area contributed by atoms with Gasteiger partial charge in [-0.25, -0.2) is 10.2 Å². The number of carbonyl (C=O) groups is 2. The van der Waals surface area contributed by atoms with Crippen LogP contribution in [0.2, 0.25) is 0 Å². The molecule has 156 valence electrons. The molecule has 7 nitrogen and oxygen atoms in total. The number of nitrogens with zero attached hydrogens (tertiary/aromatic N) is 1. The van der Waals surface area contributed by atoms with Crippen molar-refractivity contribution in [2.75, 3.05) is 13.2 Å². The van der Waals surface area contributed by atoms with Crippen LogP contribution in [0.1, 0.15) is 26.3 Å². The van der Waals surface area contributed by atoms with Gasteiger partial charge >= 0.3 is 5.97 Å². The van der Waals surface area contributed by atoms with Crippen molar-refractivity contribution in [2.24, 2.45) is 5.10 Å². The van der Waals surface area contributed by atoms with Crippen LogP contribution in [0.5, 0.6) is 17.2 Å². The van der Waals surface area contributed by atoms with Crippen LogP contribution in [0, 0.1) is 0 Å². The van der Waals surface area contributed by atoms with Crippen LogP contribution in [-0.2, 0) is 0 Å². The summed E-state index contributed by atoms with van der Waals surface area (Å²) in [6, 6.07) is 18.8. The third kappa shape index (κ3) is 5.10. The van der Waals surface area contributed by atoms with E-state index < -0.39 is 5.97 Å². The van der Waals surface area contributed by atoms with Crippen LogP contribution in [0.15, 0.2) is 76.3 Å². The molecule has 0 aliphatic carbocycles. The fourth-order valence-electron chi connectivity index (χ4n) is 2.86. The molecule has 8 heteroatoms. The summed E-state index contributed by atoms with van der Waals surface area (Å²) in [6.45, 7) is 0.929. The Kier molecular flexibility index (Phi) is 6.28. The summed E-state index contributed by atoms with van der Waals surface area (Å²) >= 11 is 3.33. The van der Waals surface area contributed by atoms with Gasteiger partial charge in [0.1, 0.15) is 19.0 Å². The highest BCUT2D eigenvalue weighted by Gasteiger charge is 2.15. The number of ether oxygens (including phenoxy) is 3. The Bertz CT molecular complexity index is 1160. The predicted octanol–water partition coefficient (Wildman–Crippen LogP) is 4.20. The van der Waals surface area contributed by atoms with E-state index in [1.807, 2.05) is 6.07 Å². The fraction of sp³-hybridized carbons (Fsp3) is 0.0870. The lowest BCUT2D eigenvalue weighted by Gasteiger charge is -2.18. The molecular weight excluding hydrogens is 464 g/mol. The van der Waals surface area contributed by atoms with Crippen LogP contribution >= 0.6 is 15.9 Å². The molecule has 3 aromatic carbocycles. The van der Waals surface area contributed by atoms with E-state index >= 15 is 0 Å².